The molecule has 9 nitrogen and oxygen atoms in total. The van der Waals surface area contributed by atoms with E-state index in [0.717, 1.165) is 6.07 Å². The minimum Gasteiger partial charge on any atom is -0.744 e. The van der Waals surface area contributed by atoms with Gasteiger partial charge in [0.25, 0.3) is 0 Å². The van der Waals surface area contributed by atoms with Crippen LogP contribution in [0.25, 0.3) is 0 Å². The number of para-hydroxylation sites is 1. The Morgan fingerprint density at radius 1 is 1.09 bits per heavy atom. The van der Waals surface area contributed by atoms with Crippen molar-refractivity contribution in [2.75, 3.05) is 5.43 Å². The molecule has 2 N–H and O–H groups in total. The van der Waals surface area contributed by atoms with Gasteiger partial charge in [-0.25, -0.2) is 13.8 Å². The van der Waals surface area contributed by atoms with Gasteiger partial charge in [0, 0.05) is 12.4 Å². The molecule has 0 amide bonds. The summed E-state index contributed by atoms with van der Waals surface area (Å²) in [5.41, 5.74) is 3.99. The zero-order valence-electron chi connectivity index (χ0n) is 12.9. The summed E-state index contributed by atoms with van der Waals surface area (Å²) in [5.74, 6) is -3.37. The number of carboxylic acid groups (broad SMARTS) is 2. The number of hydrogen-bond acceptors (Lipinski definition) is 9. The topological polar surface area (TPSA) is 162 Å². The van der Waals surface area contributed by atoms with Gasteiger partial charge < -0.3 is 29.8 Å². The molecule has 0 bridgehead atoms. The Morgan fingerprint density at radius 2 is 1.61 bits per heavy atom. The summed E-state index contributed by atoms with van der Waals surface area (Å²) in [7, 11) is -4.77. The summed E-state index contributed by atoms with van der Waals surface area (Å²) in [6.07, 6.45) is -0.901. The van der Waals surface area contributed by atoms with E-state index in [1.54, 1.807) is 0 Å². The van der Waals surface area contributed by atoms with E-state index in [2.05, 4.69) is 5.43 Å². The van der Waals surface area contributed by atoms with E-state index in [0.29, 0.717) is 0 Å². The number of aliphatic carboxylic acids is 2. The maximum atomic E-state index is 11.0. The second-order valence-electron chi connectivity index (χ2n) is 3.67. The summed E-state index contributed by atoms with van der Waals surface area (Å²) in [6.45, 7) is 0. The van der Waals surface area contributed by atoms with Gasteiger partial charge in [-0.3, -0.25) is 0 Å². The van der Waals surface area contributed by atoms with Crippen molar-refractivity contribution in [2.24, 2.45) is 0 Å². The van der Waals surface area contributed by atoms with E-state index in [-0.39, 0.29) is 94.4 Å². The van der Waals surface area contributed by atoms with Crippen LogP contribution in [0.3, 0.4) is 0 Å². The van der Waals surface area contributed by atoms with E-state index in [9.17, 15) is 32.8 Å². The number of carbonyl (C=O) groups is 2. The monoisotopic (exact) mass is 370 g/mol. The Labute approximate surface area is 199 Å². The van der Waals surface area contributed by atoms with Crippen LogP contribution in [0.2, 0.25) is 0 Å². The van der Waals surface area contributed by atoms with E-state index in [1.807, 2.05) is 5.43 Å². The van der Waals surface area contributed by atoms with Crippen molar-refractivity contribution in [1.29, 1.82) is 0 Å². The molecule has 1 aromatic rings. The second-order valence-corrected chi connectivity index (χ2v) is 5.02. The average Bonchev–Trinajstić information content (AvgIpc) is 2.33. The molecular weight excluding hydrogens is 361 g/mol. The molecule has 0 saturated carbocycles. The number of nitrogens with one attached hydrogen (secondary N) is 2. The number of hydrazine groups is 1. The normalized spacial score (nSPS) is 11.0. The summed E-state index contributed by atoms with van der Waals surface area (Å²) < 4.78 is 32.9. The molecule has 0 aliphatic carbocycles. The van der Waals surface area contributed by atoms with Gasteiger partial charge in [0.15, 0.2) is 0 Å². The molecule has 110 valence electrons. The quantitative estimate of drug-likeness (QED) is 0.270. The first-order valence-corrected chi connectivity index (χ1v) is 6.60. The number of carboxylic acids is 2. The molecule has 0 fully saturated rings. The van der Waals surface area contributed by atoms with E-state index in [4.69, 9.17) is 0 Å². The van der Waals surface area contributed by atoms with Crippen LogP contribution < -0.4 is 110 Å². The standard InChI is InChI=1S/C10H12N2O7S.3Na/c13-9(14)5-7(10(15)16)12-11-6-3-1-2-4-8(6)20(17,18)19;;;/h1-4,7,11-12H,5H2,(H,13,14)(H,15,16)(H,17,18,19);;;/q;3*+1/p-3. The Bertz CT molecular complexity index is 627. The smallest absolute Gasteiger partial charge is 0.744 e. The SMILES string of the molecule is O=C([O-])CC(NNc1ccccc1S(=O)(=O)[O-])C(=O)[O-].[Na+].[Na+].[Na+]. The molecule has 1 rings (SSSR count). The molecular formula is C10H9N2Na3O7S. The van der Waals surface area contributed by atoms with E-state index >= 15 is 0 Å². The van der Waals surface area contributed by atoms with Crippen LogP contribution in [-0.4, -0.2) is 31.0 Å². The first-order valence-electron chi connectivity index (χ1n) is 5.19. The third-order valence-electron chi connectivity index (χ3n) is 2.19. The Balaban J connectivity index is -0.00000133. The van der Waals surface area contributed by atoms with Crippen molar-refractivity contribution in [1.82, 2.24) is 5.43 Å². The molecule has 0 spiro atoms. The minimum atomic E-state index is -4.77. The Hall–Kier alpha value is 0.830. The molecule has 1 atom stereocenters. The van der Waals surface area contributed by atoms with Crippen molar-refractivity contribution < 1.29 is 121 Å². The van der Waals surface area contributed by atoms with Gasteiger partial charge >= 0.3 is 88.7 Å². The zero-order chi connectivity index (χ0) is 15.3. The second kappa shape index (κ2) is 13.1. The van der Waals surface area contributed by atoms with Crippen LogP contribution in [0.15, 0.2) is 29.2 Å². The third kappa shape index (κ3) is 10.4. The third-order valence-corrected chi connectivity index (χ3v) is 3.09. The molecule has 13 heteroatoms. The van der Waals surface area contributed by atoms with Crippen molar-refractivity contribution in [3.05, 3.63) is 24.3 Å². The van der Waals surface area contributed by atoms with Gasteiger partial charge in [0.1, 0.15) is 10.1 Å². The van der Waals surface area contributed by atoms with Crippen LogP contribution in [0.1, 0.15) is 6.42 Å². The van der Waals surface area contributed by atoms with Gasteiger partial charge in [0.2, 0.25) is 0 Å². The molecule has 0 saturated heterocycles. The van der Waals surface area contributed by atoms with E-state index < -0.39 is 39.4 Å². The van der Waals surface area contributed by atoms with Crippen molar-refractivity contribution in [3.63, 3.8) is 0 Å². The van der Waals surface area contributed by atoms with Gasteiger partial charge in [-0.2, -0.15) is 0 Å². The molecule has 1 unspecified atom stereocenters. The van der Waals surface area contributed by atoms with Gasteiger partial charge in [0.05, 0.1) is 22.6 Å². The summed E-state index contributed by atoms with van der Waals surface area (Å²) in [6, 6.07) is 3.24. The van der Waals surface area contributed by atoms with Crippen LogP contribution in [-0.2, 0) is 19.7 Å². The zero-order valence-corrected chi connectivity index (χ0v) is 19.7. The fourth-order valence-corrected chi connectivity index (χ4v) is 1.95. The fourth-order valence-electron chi connectivity index (χ4n) is 1.31. The van der Waals surface area contributed by atoms with Crippen LogP contribution in [0, 0.1) is 0 Å². The number of benzene rings is 1. The molecule has 0 radical (unpaired) electrons. The first kappa shape index (κ1) is 28.6. The predicted octanol–water partition coefficient (Wildman–Crippen LogP) is -12.2. The number of hydrogen-bond donors (Lipinski definition) is 2. The molecule has 0 heterocycles. The summed E-state index contributed by atoms with van der Waals surface area (Å²) >= 11 is 0. The average molecular weight is 370 g/mol. The van der Waals surface area contributed by atoms with Crippen molar-refractivity contribution >= 4 is 27.7 Å². The number of carbonyl (C=O) groups excluding carboxylic acids is 2. The predicted molar refractivity (Wildman–Crippen MR) is 59.6 cm³/mol. The first-order chi connectivity index (χ1) is 9.21. The maximum absolute atomic E-state index is 11.0. The van der Waals surface area contributed by atoms with Crippen LogP contribution in [0.4, 0.5) is 5.69 Å². The molecule has 0 aliphatic heterocycles. The summed E-state index contributed by atoms with van der Waals surface area (Å²) in [4.78, 5) is 20.4. The van der Waals surface area contributed by atoms with Crippen LogP contribution >= 0.6 is 0 Å². The molecule has 1 aromatic carbocycles. The minimum absolute atomic E-state index is 0. The number of rotatable bonds is 7. The van der Waals surface area contributed by atoms with E-state index in [1.165, 1.54) is 18.2 Å². The molecule has 0 aliphatic rings. The molecule has 23 heavy (non-hydrogen) atoms. The van der Waals surface area contributed by atoms with Gasteiger partial charge in [-0.05, 0) is 12.1 Å². The van der Waals surface area contributed by atoms with Crippen molar-refractivity contribution in [3.8, 4) is 0 Å². The van der Waals surface area contributed by atoms with Gasteiger partial charge in [-0.1, -0.05) is 12.1 Å². The Morgan fingerprint density at radius 3 is 2.04 bits per heavy atom. The Kier molecular flexibility index (Phi) is 16.3. The fraction of sp³-hybridized carbons (Fsp3) is 0.200. The summed E-state index contributed by atoms with van der Waals surface area (Å²) in [5, 5.41) is 21.0. The molecule has 0 aromatic heterocycles. The van der Waals surface area contributed by atoms with Crippen LogP contribution in [0.5, 0.6) is 0 Å². The number of anilines is 1. The largest absolute Gasteiger partial charge is 1.00 e. The van der Waals surface area contributed by atoms with Gasteiger partial charge in [-0.15, -0.1) is 0 Å². The van der Waals surface area contributed by atoms with Crippen molar-refractivity contribution in [2.45, 2.75) is 17.4 Å². The maximum Gasteiger partial charge on any atom is 1.00 e.